The van der Waals surface area contributed by atoms with E-state index < -0.39 is 0 Å². The van der Waals surface area contributed by atoms with Gasteiger partial charge in [0.2, 0.25) is 11.9 Å². The first kappa shape index (κ1) is 26.7. The largest absolute Gasteiger partial charge is 0.495 e. The van der Waals surface area contributed by atoms with Gasteiger partial charge in [0.25, 0.3) is 5.91 Å². The van der Waals surface area contributed by atoms with Crippen LogP contribution in [0, 0.1) is 0 Å². The van der Waals surface area contributed by atoms with Crippen LogP contribution in [-0.2, 0) is 4.79 Å². The summed E-state index contributed by atoms with van der Waals surface area (Å²) in [5.41, 5.74) is 1.91. The third-order valence-electron chi connectivity index (χ3n) is 7.41. The van der Waals surface area contributed by atoms with Crippen molar-refractivity contribution in [2.45, 2.75) is 52.0 Å². The number of fused-ring (bicyclic) bond motifs is 1. The van der Waals surface area contributed by atoms with Gasteiger partial charge in [-0.3, -0.25) is 9.59 Å². The van der Waals surface area contributed by atoms with Crippen LogP contribution in [0.15, 0.2) is 24.4 Å². The Balaban J connectivity index is 1.52. The zero-order chi connectivity index (χ0) is 26.4. The first-order valence-corrected chi connectivity index (χ1v) is 13.3. The van der Waals surface area contributed by atoms with Gasteiger partial charge in [0.05, 0.1) is 19.0 Å². The average Bonchev–Trinajstić information content (AvgIpc) is 3.42. The van der Waals surface area contributed by atoms with Crippen molar-refractivity contribution in [3.63, 3.8) is 0 Å². The molecule has 4 rings (SSSR count). The van der Waals surface area contributed by atoms with E-state index in [9.17, 15) is 9.59 Å². The van der Waals surface area contributed by atoms with Crippen LogP contribution in [0.3, 0.4) is 0 Å². The number of hydrogen-bond donors (Lipinski definition) is 2. The predicted octanol–water partition coefficient (Wildman–Crippen LogP) is 3.42. The molecule has 10 heteroatoms. The summed E-state index contributed by atoms with van der Waals surface area (Å²) < 4.78 is 5.58. The molecule has 0 unspecified atom stereocenters. The van der Waals surface area contributed by atoms with Gasteiger partial charge in [0.15, 0.2) is 5.82 Å². The summed E-state index contributed by atoms with van der Waals surface area (Å²) in [5.74, 6) is 1.65. The number of hydrogen-bond acceptors (Lipinski definition) is 8. The average molecular weight is 510 g/mol. The Bertz CT molecular complexity index is 1100. The SMILES string of the molecule is CCN(CC)CCNC(=O)c1ccc(Nc2ncc3c(n2)N(C2CCCC2)CCC(=O)N3C)c(OC)c1. The second kappa shape index (κ2) is 12.2. The number of carbonyl (C=O) groups is 2. The standard InChI is InChI=1S/C27H39N7O3/c1-5-33(6-2)16-14-28-26(36)19-11-12-21(23(17-19)37-4)30-27-29-18-22-25(31-27)34(20-9-7-8-10-20)15-13-24(35)32(22)3/h11-12,17-18,20H,5-10,13-16H2,1-4H3,(H,28,36)(H,29,30,31). The maximum Gasteiger partial charge on any atom is 0.251 e. The molecule has 37 heavy (non-hydrogen) atoms. The number of carbonyl (C=O) groups excluding carboxylic acids is 2. The molecule has 0 saturated heterocycles. The van der Waals surface area contributed by atoms with Gasteiger partial charge in [-0.2, -0.15) is 4.98 Å². The zero-order valence-electron chi connectivity index (χ0n) is 22.4. The molecule has 1 aromatic heterocycles. The summed E-state index contributed by atoms with van der Waals surface area (Å²) in [5, 5.41) is 6.23. The monoisotopic (exact) mass is 509 g/mol. The maximum atomic E-state index is 12.7. The van der Waals surface area contributed by atoms with Gasteiger partial charge in [0, 0.05) is 44.7 Å². The first-order valence-electron chi connectivity index (χ1n) is 13.3. The number of likely N-dealkylation sites (N-methyl/N-ethyl adjacent to an activating group) is 1. The van der Waals surface area contributed by atoms with Gasteiger partial charge in [-0.15, -0.1) is 0 Å². The van der Waals surface area contributed by atoms with Crippen molar-refractivity contribution in [3.05, 3.63) is 30.0 Å². The number of rotatable bonds is 10. The fourth-order valence-electron chi connectivity index (χ4n) is 5.10. The van der Waals surface area contributed by atoms with E-state index in [1.807, 2.05) is 0 Å². The Morgan fingerprint density at radius 1 is 1.22 bits per heavy atom. The van der Waals surface area contributed by atoms with Gasteiger partial charge in [-0.1, -0.05) is 26.7 Å². The lowest BCUT2D eigenvalue weighted by molar-refractivity contribution is -0.118. The summed E-state index contributed by atoms with van der Waals surface area (Å²) in [6.07, 6.45) is 6.78. The van der Waals surface area contributed by atoms with Crippen LogP contribution in [0.25, 0.3) is 0 Å². The molecule has 0 spiro atoms. The van der Waals surface area contributed by atoms with Crippen molar-refractivity contribution in [1.82, 2.24) is 20.2 Å². The number of benzene rings is 1. The molecule has 1 aliphatic heterocycles. The lowest BCUT2D eigenvalue weighted by Crippen LogP contribution is -2.34. The highest BCUT2D eigenvalue weighted by Gasteiger charge is 2.31. The Labute approximate surface area is 219 Å². The van der Waals surface area contributed by atoms with Crippen LogP contribution in [0.5, 0.6) is 5.75 Å². The van der Waals surface area contributed by atoms with Gasteiger partial charge < -0.3 is 30.1 Å². The lowest BCUT2D eigenvalue weighted by Gasteiger charge is -2.30. The highest BCUT2D eigenvalue weighted by Crippen LogP contribution is 2.36. The molecule has 2 aliphatic rings. The molecule has 2 amide bonds. The number of nitrogens with zero attached hydrogens (tertiary/aromatic N) is 5. The van der Waals surface area contributed by atoms with Crippen molar-refractivity contribution in [1.29, 1.82) is 0 Å². The number of methoxy groups -OCH3 is 1. The van der Waals surface area contributed by atoms with Crippen molar-refractivity contribution >= 4 is 35.0 Å². The summed E-state index contributed by atoms with van der Waals surface area (Å²) in [6, 6.07) is 5.67. The lowest BCUT2D eigenvalue weighted by atomic mass is 10.1. The quantitative estimate of drug-likeness (QED) is 0.502. The second-order valence-electron chi connectivity index (χ2n) is 9.56. The van der Waals surface area contributed by atoms with E-state index in [0.717, 1.165) is 44.0 Å². The van der Waals surface area contributed by atoms with Crippen LogP contribution in [0.2, 0.25) is 0 Å². The van der Waals surface area contributed by atoms with E-state index in [1.54, 1.807) is 43.5 Å². The molecule has 0 atom stereocenters. The molecular weight excluding hydrogens is 470 g/mol. The molecule has 200 valence electrons. The van der Waals surface area contributed by atoms with Crippen LogP contribution in [0.1, 0.15) is 56.3 Å². The minimum atomic E-state index is -0.141. The van der Waals surface area contributed by atoms with Crippen LogP contribution in [0.4, 0.5) is 23.1 Å². The predicted molar refractivity (Wildman–Crippen MR) is 146 cm³/mol. The van der Waals surface area contributed by atoms with Gasteiger partial charge in [-0.05, 0) is 44.1 Å². The molecular formula is C27H39N7O3. The first-order chi connectivity index (χ1) is 17.9. The molecule has 1 aromatic carbocycles. The Hall–Kier alpha value is -3.40. The van der Waals surface area contributed by atoms with Crippen LogP contribution in [-0.4, -0.2) is 79.6 Å². The highest BCUT2D eigenvalue weighted by molar-refractivity contribution is 5.97. The van der Waals surface area contributed by atoms with Crippen molar-refractivity contribution < 1.29 is 14.3 Å². The maximum absolute atomic E-state index is 12.7. The van der Waals surface area contributed by atoms with E-state index in [1.165, 1.54) is 12.8 Å². The summed E-state index contributed by atoms with van der Waals surface area (Å²) in [7, 11) is 3.35. The molecule has 2 N–H and O–H groups in total. The molecule has 1 saturated carbocycles. The van der Waals surface area contributed by atoms with Crippen molar-refractivity contribution in [3.8, 4) is 5.75 Å². The van der Waals surface area contributed by atoms with Crippen LogP contribution >= 0.6 is 0 Å². The van der Waals surface area contributed by atoms with E-state index in [4.69, 9.17) is 9.72 Å². The third kappa shape index (κ3) is 6.12. The van der Waals surface area contributed by atoms with Gasteiger partial charge in [-0.25, -0.2) is 4.98 Å². The topological polar surface area (TPSA) is 103 Å². The van der Waals surface area contributed by atoms with Crippen LogP contribution < -0.4 is 25.2 Å². The number of aromatic nitrogens is 2. The van der Waals surface area contributed by atoms with E-state index in [2.05, 4.69) is 39.3 Å². The number of anilines is 4. The molecule has 2 aromatic rings. The molecule has 0 bridgehead atoms. The zero-order valence-corrected chi connectivity index (χ0v) is 22.4. The number of nitrogens with one attached hydrogen (secondary N) is 2. The summed E-state index contributed by atoms with van der Waals surface area (Å²) in [4.78, 5) is 40.8. The number of ether oxygens (including phenoxy) is 1. The second-order valence-corrected chi connectivity index (χ2v) is 9.56. The number of amides is 2. The Morgan fingerprint density at radius 2 is 1.97 bits per heavy atom. The van der Waals surface area contributed by atoms with Crippen molar-refractivity contribution in [2.75, 3.05) is 62.0 Å². The molecule has 2 heterocycles. The normalized spacial score (nSPS) is 16.1. The highest BCUT2D eigenvalue weighted by atomic mass is 16.5. The minimum absolute atomic E-state index is 0.0682. The fraction of sp³-hybridized carbons (Fsp3) is 0.556. The van der Waals surface area contributed by atoms with E-state index in [0.29, 0.717) is 48.5 Å². The van der Waals surface area contributed by atoms with E-state index in [-0.39, 0.29) is 11.8 Å². The summed E-state index contributed by atoms with van der Waals surface area (Å²) >= 11 is 0. The summed E-state index contributed by atoms with van der Waals surface area (Å²) in [6.45, 7) is 8.18. The van der Waals surface area contributed by atoms with Gasteiger partial charge >= 0.3 is 0 Å². The fourth-order valence-corrected chi connectivity index (χ4v) is 5.10. The Morgan fingerprint density at radius 3 is 2.68 bits per heavy atom. The molecule has 1 fully saturated rings. The van der Waals surface area contributed by atoms with Crippen molar-refractivity contribution in [2.24, 2.45) is 0 Å². The third-order valence-corrected chi connectivity index (χ3v) is 7.41. The smallest absolute Gasteiger partial charge is 0.251 e. The Kier molecular flexibility index (Phi) is 8.81. The molecule has 10 nitrogen and oxygen atoms in total. The minimum Gasteiger partial charge on any atom is -0.495 e. The molecule has 1 aliphatic carbocycles. The van der Waals surface area contributed by atoms with E-state index >= 15 is 0 Å². The molecule has 0 radical (unpaired) electrons. The van der Waals surface area contributed by atoms with Gasteiger partial charge in [0.1, 0.15) is 11.4 Å².